The number of hydrogen-bond donors (Lipinski definition) is 0. The van der Waals surface area contributed by atoms with E-state index in [1.807, 2.05) is 12.1 Å². The monoisotopic (exact) mass is 311 g/mol. The van der Waals surface area contributed by atoms with Crippen molar-refractivity contribution in [1.29, 1.82) is 0 Å². The third kappa shape index (κ3) is 3.74. The summed E-state index contributed by atoms with van der Waals surface area (Å²) < 4.78 is 10.5. The van der Waals surface area contributed by atoms with Crippen molar-refractivity contribution in [3.63, 3.8) is 0 Å². The molecule has 0 spiro atoms. The lowest BCUT2D eigenvalue weighted by Crippen LogP contribution is -2.51. The summed E-state index contributed by atoms with van der Waals surface area (Å²) in [7, 11) is 0. The summed E-state index contributed by atoms with van der Waals surface area (Å²) in [5.41, 5.74) is 0.924. The number of hydrogen-bond acceptors (Lipinski definition) is 4. The molecule has 6 heteroatoms. The van der Waals surface area contributed by atoms with E-state index in [2.05, 4.69) is 0 Å². The van der Waals surface area contributed by atoms with Gasteiger partial charge in [0.1, 0.15) is 18.8 Å². The molecular weight excluding hydrogens is 294 g/mol. The molecule has 1 saturated heterocycles. The Morgan fingerprint density at radius 2 is 2.14 bits per heavy atom. The van der Waals surface area contributed by atoms with E-state index in [0.717, 1.165) is 5.56 Å². The highest BCUT2D eigenvalue weighted by Crippen LogP contribution is 2.25. The van der Waals surface area contributed by atoms with Crippen molar-refractivity contribution < 1.29 is 19.1 Å². The highest BCUT2D eigenvalue weighted by molar-refractivity contribution is 6.30. The van der Waals surface area contributed by atoms with Crippen molar-refractivity contribution in [2.24, 2.45) is 0 Å². The number of esters is 1. The SMILES string of the molecule is CCOC(=O)C(C)N1CC(c2ccc(Cl)cc2)OCC1=O. The zero-order valence-corrected chi connectivity index (χ0v) is 12.8. The van der Waals surface area contributed by atoms with Gasteiger partial charge in [-0.2, -0.15) is 0 Å². The maximum absolute atomic E-state index is 11.9. The zero-order valence-electron chi connectivity index (χ0n) is 12.0. The Hall–Kier alpha value is -1.59. The molecular formula is C15H18ClNO4. The van der Waals surface area contributed by atoms with Crippen LogP contribution in [-0.2, 0) is 19.1 Å². The van der Waals surface area contributed by atoms with Crippen molar-refractivity contribution in [1.82, 2.24) is 4.90 Å². The molecule has 0 bridgehead atoms. The van der Waals surface area contributed by atoms with E-state index in [1.165, 1.54) is 4.90 Å². The first-order chi connectivity index (χ1) is 10.0. The second-order valence-corrected chi connectivity index (χ2v) is 5.26. The van der Waals surface area contributed by atoms with Gasteiger partial charge in [0.15, 0.2) is 0 Å². The van der Waals surface area contributed by atoms with E-state index in [0.29, 0.717) is 18.2 Å². The number of nitrogens with zero attached hydrogens (tertiary/aromatic N) is 1. The van der Waals surface area contributed by atoms with E-state index >= 15 is 0 Å². The van der Waals surface area contributed by atoms with Crippen LogP contribution in [0.1, 0.15) is 25.5 Å². The Balaban J connectivity index is 2.10. The first-order valence-electron chi connectivity index (χ1n) is 6.86. The average Bonchev–Trinajstić information content (AvgIpc) is 2.48. The second-order valence-electron chi connectivity index (χ2n) is 4.83. The summed E-state index contributed by atoms with van der Waals surface area (Å²) in [5.74, 6) is -0.608. The van der Waals surface area contributed by atoms with Crippen molar-refractivity contribution in [2.45, 2.75) is 26.0 Å². The Kier molecular flexibility index (Phi) is 5.20. The van der Waals surface area contributed by atoms with Gasteiger partial charge in [-0.25, -0.2) is 4.79 Å². The molecule has 2 atom stereocenters. The Morgan fingerprint density at radius 3 is 2.76 bits per heavy atom. The largest absolute Gasteiger partial charge is 0.464 e. The van der Waals surface area contributed by atoms with Crippen molar-refractivity contribution in [3.8, 4) is 0 Å². The van der Waals surface area contributed by atoms with Crippen LogP contribution < -0.4 is 0 Å². The third-order valence-electron chi connectivity index (χ3n) is 3.43. The van der Waals surface area contributed by atoms with E-state index < -0.39 is 12.0 Å². The quantitative estimate of drug-likeness (QED) is 0.800. The molecule has 1 aliphatic heterocycles. The van der Waals surface area contributed by atoms with Crippen LogP contribution in [-0.4, -0.2) is 42.6 Å². The zero-order chi connectivity index (χ0) is 15.4. The summed E-state index contributed by atoms with van der Waals surface area (Å²) in [5, 5.41) is 0.641. The van der Waals surface area contributed by atoms with Crippen molar-refractivity contribution >= 4 is 23.5 Å². The fourth-order valence-electron chi connectivity index (χ4n) is 2.23. The molecule has 0 aliphatic carbocycles. The molecule has 0 aromatic heterocycles. The molecule has 1 heterocycles. The van der Waals surface area contributed by atoms with Crippen LogP contribution in [0.5, 0.6) is 0 Å². The minimum atomic E-state index is -0.615. The summed E-state index contributed by atoms with van der Waals surface area (Å²) in [6, 6.07) is 6.65. The molecule has 0 N–H and O–H groups in total. The van der Waals surface area contributed by atoms with Crippen LogP contribution in [0, 0.1) is 0 Å². The van der Waals surface area contributed by atoms with E-state index in [9.17, 15) is 9.59 Å². The number of amides is 1. The summed E-state index contributed by atoms with van der Waals surface area (Å²) >= 11 is 5.86. The van der Waals surface area contributed by atoms with Gasteiger partial charge >= 0.3 is 5.97 Å². The lowest BCUT2D eigenvalue weighted by molar-refractivity contribution is -0.164. The number of rotatable bonds is 4. The van der Waals surface area contributed by atoms with Gasteiger partial charge < -0.3 is 14.4 Å². The first-order valence-corrected chi connectivity index (χ1v) is 7.24. The van der Waals surface area contributed by atoms with E-state index in [1.54, 1.807) is 26.0 Å². The summed E-state index contributed by atoms with van der Waals surface area (Å²) in [6.07, 6.45) is -0.267. The molecule has 0 radical (unpaired) electrons. The predicted octanol–water partition coefficient (Wildman–Crippen LogP) is 2.19. The average molecular weight is 312 g/mol. The Bertz CT molecular complexity index is 517. The number of morpholine rings is 1. The molecule has 1 aliphatic rings. The maximum atomic E-state index is 11.9. The molecule has 1 fully saturated rings. The van der Waals surface area contributed by atoms with Gasteiger partial charge in [-0.3, -0.25) is 4.79 Å². The van der Waals surface area contributed by atoms with Gasteiger partial charge in [0, 0.05) is 5.02 Å². The number of carbonyl (C=O) groups is 2. The highest BCUT2D eigenvalue weighted by atomic mass is 35.5. The Morgan fingerprint density at radius 1 is 1.48 bits per heavy atom. The Labute approximate surface area is 128 Å². The third-order valence-corrected chi connectivity index (χ3v) is 3.68. The fourth-order valence-corrected chi connectivity index (χ4v) is 2.36. The smallest absolute Gasteiger partial charge is 0.328 e. The molecule has 1 aromatic rings. The first kappa shape index (κ1) is 15.8. The van der Waals surface area contributed by atoms with Gasteiger partial charge in [-0.05, 0) is 31.5 Å². The molecule has 5 nitrogen and oxygen atoms in total. The molecule has 1 aromatic carbocycles. The summed E-state index contributed by atoms with van der Waals surface area (Å²) in [6.45, 7) is 3.97. The topological polar surface area (TPSA) is 55.8 Å². The number of carbonyl (C=O) groups excluding carboxylic acids is 2. The van der Waals surface area contributed by atoms with Gasteiger partial charge in [0.25, 0.3) is 0 Å². The number of benzene rings is 1. The van der Waals surface area contributed by atoms with Gasteiger partial charge in [-0.1, -0.05) is 23.7 Å². The number of halogens is 1. The van der Waals surface area contributed by atoms with Gasteiger partial charge in [-0.15, -0.1) is 0 Å². The minimum Gasteiger partial charge on any atom is -0.464 e. The lowest BCUT2D eigenvalue weighted by Gasteiger charge is -2.35. The van der Waals surface area contributed by atoms with Gasteiger partial charge in [0.2, 0.25) is 5.91 Å². The highest BCUT2D eigenvalue weighted by Gasteiger charge is 2.34. The molecule has 114 valence electrons. The molecule has 2 unspecified atom stereocenters. The standard InChI is InChI=1S/C15H18ClNO4/c1-3-20-15(19)10(2)17-8-13(21-9-14(17)18)11-4-6-12(16)7-5-11/h4-7,10,13H,3,8-9H2,1-2H3. The van der Waals surface area contributed by atoms with E-state index in [-0.39, 0.29) is 18.6 Å². The van der Waals surface area contributed by atoms with E-state index in [4.69, 9.17) is 21.1 Å². The van der Waals surface area contributed by atoms with Crippen molar-refractivity contribution in [3.05, 3.63) is 34.9 Å². The maximum Gasteiger partial charge on any atom is 0.328 e. The van der Waals surface area contributed by atoms with Crippen LogP contribution in [0.4, 0.5) is 0 Å². The second kappa shape index (κ2) is 6.91. The molecule has 2 rings (SSSR count). The fraction of sp³-hybridized carbons (Fsp3) is 0.467. The summed E-state index contributed by atoms with van der Waals surface area (Å²) in [4.78, 5) is 25.2. The van der Waals surface area contributed by atoms with Crippen LogP contribution >= 0.6 is 11.6 Å². The molecule has 21 heavy (non-hydrogen) atoms. The molecule has 1 amide bonds. The normalized spacial score (nSPS) is 20.2. The minimum absolute atomic E-state index is 0.0446. The number of ether oxygens (including phenoxy) is 2. The van der Waals surface area contributed by atoms with Crippen LogP contribution in [0.2, 0.25) is 5.02 Å². The van der Waals surface area contributed by atoms with Crippen LogP contribution in [0.3, 0.4) is 0 Å². The van der Waals surface area contributed by atoms with Gasteiger partial charge in [0.05, 0.1) is 13.2 Å². The molecule has 0 saturated carbocycles. The lowest BCUT2D eigenvalue weighted by atomic mass is 10.1. The van der Waals surface area contributed by atoms with Crippen LogP contribution in [0.15, 0.2) is 24.3 Å². The van der Waals surface area contributed by atoms with Crippen molar-refractivity contribution in [2.75, 3.05) is 19.8 Å². The van der Waals surface area contributed by atoms with Crippen LogP contribution in [0.25, 0.3) is 0 Å². The predicted molar refractivity (Wildman–Crippen MR) is 78.0 cm³/mol.